The molecule has 1 aromatic rings. The molecule has 26 heavy (non-hydrogen) atoms. The molecular formula is C20H33N2O3S+. The number of hydrogen-bond acceptors (Lipinski definition) is 4. The molecule has 1 aliphatic rings. The zero-order valence-corrected chi connectivity index (χ0v) is 17.4. The number of carbonyl (C=O) groups excluding carboxylic acids is 2. The third kappa shape index (κ3) is 5.30. The van der Waals surface area contributed by atoms with E-state index < -0.39 is 0 Å². The second-order valence-corrected chi connectivity index (χ2v) is 8.31. The Hall–Kier alpha value is -1.40. The van der Waals surface area contributed by atoms with E-state index in [-0.39, 0.29) is 11.9 Å². The van der Waals surface area contributed by atoms with E-state index in [2.05, 4.69) is 26.1 Å². The molecule has 1 aromatic heterocycles. The van der Waals surface area contributed by atoms with Gasteiger partial charge >= 0.3 is 5.97 Å². The molecule has 1 heterocycles. The van der Waals surface area contributed by atoms with Gasteiger partial charge in [0, 0.05) is 4.88 Å². The van der Waals surface area contributed by atoms with E-state index in [1.807, 2.05) is 6.92 Å². The number of quaternary nitrogens is 1. The van der Waals surface area contributed by atoms with Crippen molar-refractivity contribution in [3.63, 3.8) is 0 Å². The summed E-state index contributed by atoms with van der Waals surface area (Å²) < 4.78 is 5.27. The molecule has 0 aromatic carbocycles. The minimum absolute atomic E-state index is 0.0184. The van der Waals surface area contributed by atoms with Crippen LogP contribution in [0.4, 0.5) is 5.00 Å². The van der Waals surface area contributed by atoms with Gasteiger partial charge in [0.1, 0.15) is 5.00 Å². The smallest absolute Gasteiger partial charge is 0.341 e. The first kappa shape index (κ1) is 20.9. The van der Waals surface area contributed by atoms with Crippen molar-refractivity contribution in [2.45, 2.75) is 59.8 Å². The van der Waals surface area contributed by atoms with Crippen LogP contribution in [-0.4, -0.2) is 38.1 Å². The van der Waals surface area contributed by atoms with Crippen molar-refractivity contribution in [3.8, 4) is 0 Å². The Morgan fingerprint density at radius 3 is 2.73 bits per heavy atom. The van der Waals surface area contributed by atoms with Crippen molar-refractivity contribution >= 4 is 28.2 Å². The highest BCUT2D eigenvalue weighted by Crippen LogP contribution is 2.40. The van der Waals surface area contributed by atoms with Crippen LogP contribution in [0.15, 0.2) is 0 Å². The largest absolute Gasteiger partial charge is 0.462 e. The molecular weight excluding hydrogens is 348 g/mol. The highest BCUT2D eigenvalue weighted by Gasteiger charge is 2.29. The molecule has 1 unspecified atom stereocenters. The molecule has 146 valence electrons. The lowest BCUT2D eigenvalue weighted by Crippen LogP contribution is -3.12. The summed E-state index contributed by atoms with van der Waals surface area (Å²) in [5, 5.41) is 3.70. The lowest BCUT2D eigenvalue weighted by molar-refractivity contribution is -0.890. The van der Waals surface area contributed by atoms with Crippen LogP contribution in [0.3, 0.4) is 0 Å². The predicted octanol–water partition coefficient (Wildman–Crippen LogP) is 2.69. The van der Waals surface area contributed by atoms with Crippen LogP contribution in [0.2, 0.25) is 0 Å². The number of esters is 1. The molecule has 0 bridgehead atoms. The summed E-state index contributed by atoms with van der Waals surface area (Å²) in [6, 6.07) is 0. The minimum Gasteiger partial charge on any atom is -0.462 e. The second kappa shape index (κ2) is 10.1. The van der Waals surface area contributed by atoms with Gasteiger partial charge in [0.05, 0.1) is 25.3 Å². The highest BCUT2D eigenvalue weighted by atomic mass is 32.1. The standard InChI is InChI=1S/C20H32N2O3S/c1-5-8-11-22(6-2)13-17(23)21-19-18(20(24)25-7-3)15-10-9-14(4)12-16(15)26-19/h14H,5-13H2,1-4H3,(H,21,23)/p+1/t14-/m1/s1. The van der Waals surface area contributed by atoms with Gasteiger partial charge < -0.3 is 15.0 Å². The average molecular weight is 382 g/mol. The molecule has 0 fully saturated rings. The van der Waals surface area contributed by atoms with Gasteiger partial charge in [0.2, 0.25) is 0 Å². The Morgan fingerprint density at radius 1 is 1.31 bits per heavy atom. The second-order valence-electron chi connectivity index (χ2n) is 7.21. The maximum Gasteiger partial charge on any atom is 0.341 e. The molecule has 2 N–H and O–H groups in total. The zero-order valence-electron chi connectivity index (χ0n) is 16.6. The van der Waals surface area contributed by atoms with E-state index >= 15 is 0 Å². The van der Waals surface area contributed by atoms with Crippen molar-refractivity contribution in [2.24, 2.45) is 5.92 Å². The molecule has 2 rings (SSSR count). The predicted molar refractivity (Wildman–Crippen MR) is 106 cm³/mol. The molecule has 6 heteroatoms. The third-order valence-electron chi connectivity index (χ3n) is 5.04. The first-order valence-corrected chi connectivity index (χ1v) is 10.8. The van der Waals surface area contributed by atoms with Gasteiger partial charge in [-0.25, -0.2) is 4.79 Å². The van der Waals surface area contributed by atoms with E-state index in [0.29, 0.717) is 29.6 Å². The van der Waals surface area contributed by atoms with Crippen molar-refractivity contribution in [3.05, 3.63) is 16.0 Å². The molecule has 0 saturated heterocycles. The summed E-state index contributed by atoms with van der Waals surface area (Å²) >= 11 is 1.56. The Balaban J connectivity index is 2.17. The topological polar surface area (TPSA) is 59.8 Å². The number of hydrogen-bond donors (Lipinski definition) is 2. The number of carbonyl (C=O) groups is 2. The fourth-order valence-electron chi connectivity index (χ4n) is 3.47. The number of nitrogens with one attached hydrogen (secondary N) is 2. The van der Waals surface area contributed by atoms with Crippen LogP contribution in [0.5, 0.6) is 0 Å². The first-order chi connectivity index (χ1) is 12.5. The van der Waals surface area contributed by atoms with Crippen LogP contribution in [0.1, 0.15) is 67.8 Å². The summed E-state index contributed by atoms with van der Waals surface area (Å²) in [6.45, 7) is 11.0. The van der Waals surface area contributed by atoms with E-state index in [1.165, 1.54) is 9.78 Å². The summed E-state index contributed by atoms with van der Waals surface area (Å²) in [6.07, 6.45) is 5.20. The number of likely N-dealkylation sites (N-methyl/N-ethyl adjacent to an activating group) is 1. The average Bonchev–Trinajstić information content (AvgIpc) is 2.95. The minimum atomic E-state index is -0.305. The fraction of sp³-hybridized carbons (Fsp3) is 0.700. The van der Waals surface area contributed by atoms with Gasteiger partial charge in [-0.2, -0.15) is 0 Å². The number of rotatable bonds is 9. The molecule has 1 amide bonds. The van der Waals surface area contributed by atoms with Crippen LogP contribution in [-0.2, 0) is 22.4 Å². The SMILES string of the molecule is CCCC[NH+](CC)CC(=O)Nc1sc2c(c1C(=O)OCC)CC[C@@H](C)C2. The van der Waals surface area contributed by atoms with Crippen molar-refractivity contribution in [2.75, 3.05) is 31.6 Å². The van der Waals surface area contributed by atoms with E-state index in [1.54, 1.807) is 11.3 Å². The molecule has 0 spiro atoms. The Morgan fingerprint density at radius 2 is 2.08 bits per heavy atom. The number of anilines is 1. The maximum absolute atomic E-state index is 12.6. The van der Waals surface area contributed by atoms with Crippen LogP contribution >= 0.6 is 11.3 Å². The quantitative estimate of drug-likeness (QED) is 0.647. The molecule has 0 saturated carbocycles. The molecule has 0 radical (unpaired) electrons. The summed E-state index contributed by atoms with van der Waals surface area (Å²) in [5.41, 5.74) is 1.69. The first-order valence-electron chi connectivity index (χ1n) is 9.95. The van der Waals surface area contributed by atoms with Crippen molar-refractivity contribution in [1.82, 2.24) is 0 Å². The molecule has 0 aliphatic heterocycles. The number of amides is 1. The van der Waals surface area contributed by atoms with E-state index in [9.17, 15) is 9.59 Å². The van der Waals surface area contributed by atoms with Gasteiger partial charge in [-0.15, -0.1) is 11.3 Å². The van der Waals surface area contributed by atoms with Gasteiger partial charge in [-0.1, -0.05) is 20.3 Å². The van der Waals surface area contributed by atoms with Crippen molar-refractivity contribution < 1.29 is 19.2 Å². The lowest BCUT2D eigenvalue weighted by Gasteiger charge is -2.18. The van der Waals surface area contributed by atoms with E-state index in [4.69, 9.17) is 4.74 Å². The van der Waals surface area contributed by atoms with E-state index in [0.717, 1.165) is 50.8 Å². The van der Waals surface area contributed by atoms with Gasteiger partial charge in [-0.05, 0) is 51.0 Å². The summed E-state index contributed by atoms with van der Waals surface area (Å²) in [5.74, 6) is 0.296. The summed E-state index contributed by atoms with van der Waals surface area (Å²) in [4.78, 5) is 27.6. The van der Waals surface area contributed by atoms with Crippen LogP contribution in [0.25, 0.3) is 0 Å². The van der Waals surface area contributed by atoms with Crippen LogP contribution in [0, 0.1) is 5.92 Å². The summed E-state index contributed by atoms with van der Waals surface area (Å²) in [7, 11) is 0. The van der Waals surface area contributed by atoms with Crippen LogP contribution < -0.4 is 10.2 Å². The number of unbranched alkanes of at least 4 members (excludes halogenated alkanes) is 1. The molecule has 5 nitrogen and oxygen atoms in total. The Labute approximate surface area is 161 Å². The normalized spacial score (nSPS) is 17.5. The Bertz CT molecular complexity index is 627. The van der Waals surface area contributed by atoms with Gasteiger partial charge in [-0.3, -0.25) is 4.79 Å². The highest BCUT2D eigenvalue weighted by molar-refractivity contribution is 7.17. The monoisotopic (exact) mass is 381 g/mol. The molecule has 2 atom stereocenters. The maximum atomic E-state index is 12.6. The molecule has 1 aliphatic carbocycles. The lowest BCUT2D eigenvalue weighted by atomic mass is 9.88. The number of thiophene rings is 1. The fourth-order valence-corrected chi connectivity index (χ4v) is 4.89. The number of fused-ring (bicyclic) bond motifs is 1. The third-order valence-corrected chi connectivity index (χ3v) is 6.21. The van der Waals surface area contributed by atoms with Gasteiger partial charge in [0.25, 0.3) is 5.91 Å². The number of ether oxygens (including phenoxy) is 1. The zero-order chi connectivity index (χ0) is 19.1. The van der Waals surface area contributed by atoms with Crippen molar-refractivity contribution in [1.29, 1.82) is 0 Å². The van der Waals surface area contributed by atoms with Gasteiger partial charge in [0.15, 0.2) is 6.54 Å². The Kier molecular flexibility index (Phi) is 8.10.